The van der Waals surface area contributed by atoms with Gasteiger partial charge in [0.15, 0.2) is 0 Å². The summed E-state index contributed by atoms with van der Waals surface area (Å²) in [5.41, 5.74) is -0.917. The summed E-state index contributed by atoms with van der Waals surface area (Å²) in [5.74, 6) is -0.766. The lowest BCUT2D eigenvalue weighted by atomic mass is 9.72. The summed E-state index contributed by atoms with van der Waals surface area (Å²) in [6.45, 7) is 5.85. The first-order chi connectivity index (χ1) is 10.6. The van der Waals surface area contributed by atoms with E-state index in [4.69, 9.17) is 9.84 Å². The predicted molar refractivity (Wildman–Crippen MR) is 82.8 cm³/mol. The van der Waals surface area contributed by atoms with E-state index in [9.17, 15) is 14.0 Å². The summed E-state index contributed by atoms with van der Waals surface area (Å²) in [5, 5.41) is 9.10. The summed E-state index contributed by atoms with van der Waals surface area (Å²) in [7, 11) is 0. The first-order valence-corrected chi connectivity index (χ1v) is 7.61. The Labute approximate surface area is 135 Å². The maximum atomic E-state index is 13.2. The lowest BCUT2D eigenvalue weighted by Crippen LogP contribution is -2.50. The van der Waals surface area contributed by atoms with Gasteiger partial charge in [-0.1, -0.05) is 12.1 Å². The van der Waals surface area contributed by atoms with Gasteiger partial charge in [0.05, 0.1) is 5.41 Å². The topological polar surface area (TPSA) is 66.8 Å². The second-order valence-electron chi connectivity index (χ2n) is 6.86. The van der Waals surface area contributed by atoms with E-state index in [1.165, 1.54) is 17.0 Å². The molecule has 0 unspecified atom stereocenters. The largest absolute Gasteiger partial charge is 0.465 e. The van der Waals surface area contributed by atoms with Crippen molar-refractivity contribution in [3.8, 4) is 0 Å². The third-order valence-electron chi connectivity index (χ3n) is 4.07. The molecule has 1 fully saturated rings. The van der Waals surface area contributed by atoms with Gasteiger partial charge in [0.25, 0.3) is 0 Å². The van der Waals surface area contributed by atoms with Crippen molar-refractivity contribution in [3.63, 3.8) is 0 Å². The lowest BCUT2D eigenvalue weighted by molar-refractivity contribution is -0.164. The Balaban J connectivity index is 2.34. The average Bonchev–Trinajstić information content (AvgIpc) is 2.46. The Morgan fingerprint density at radius 2 is 1.70 bits per heavy atom. The SMILES string of the molecule is CC(C)(C)OC(=O)C1(c2ccc(F)cc2)CCN(C(=O)O)CC1. The van der Waals surface area contributed by atoms with Gasteiger partial charge in [0.1, 0.15) is 11.4 Å². The summed E-state index contributed by atoms with van der Waals surface area (Å²) in [6.07, 6.45) is -0.360. The number of halogens is 1. The zero-order valence-electron chi connectivity index (χ0n) is 13.6. The molecule has 23 heavy (non-hydrogen) atoms. The number of hydrogen-bond donors (Lipinski definition) is 1. The molecule has 0 radical (unpaired) electrons. The van der Waals surface area contributed by atoms with Crippen LogP contribution < -0.4 is 0 Å². The second-order valence-corrected chi connectivity index (χ2v) is 6.86. The number of piperidine rings is 1. The number of hydrogen-bond acceptors (Lipinski definition) is 3. The molecule has 0 atom stereocenters. The van der Waals surface area contributed by atoms with Crippen LogP contribution in [0.25, 0.3) is 0 Å². The maximum absolute atomic E-state index is 13.2. The molecule has 1 aliphatic rings. The van der Waals surface area contributed by atoms with Crippen LogP contribution in [0, 0.1) is 5.82 Å². The van der Waals surface area contributed by atoms with E-state index in [0.717, 1.165) is 0 Å². The van der Waals surface area contributed by atoms with Crippen LogP contribution in [0.3, 0.4) is 0 Å². The van der Waals surface area contributed by atoms with Crippen molar-refractivity contribution in [1.82, 2.24) is 4.90 Å². The number of rotatable bonds is 2. The van der Waals surface area contributed by atoms with Crippen molar-refractivity contribution in [2.45, 2.75) is 44.6 Å². The van der Waals surface area contributed by atoms with Gasteiger partial charge in [0, 0.05) is 13.1 Å². The number of likely N-dealkylation sites (tertiary alicyclic amines) is 1. The molecular weight excluding hydrogens is 301 g/mol. The van der Waals surface area contributed by atoms with Gasteiger partial charge < -0.3 is 14.7 Å². The molecule has 1 aromatic rings. The van der Waals surface area contributed by atoms with Crippen LogP contribution in [-0.4, -0.2) is 40.8 Å². The first kappa shape index (κ1) is 17.2. The molecule has 1 amide bonds. The van der Waals surface area contributed by atoms with E-state index >= 15 is 0 Å². The van der Waals surface area contributed by atoms with Crippen LogP contribution in [0.4, 0.5) is 9.18 Å². The minimum atomic E-state index is -0.998. The highest BCUT2D eigenvalue weighted by molar-refractivity contribution is 5.84. The van der Waals surface area contributed by atoms with Crippen molar-refractivity contribution in [2.24, 2.45) is 0 Å². The summed E-state index contributed by atoms with van der Waals surface area (Å²) < 4.78 is 18.8. The normalized spacial score (nSPS) is 17.7. The Hall–Kier alpha value is -2.11. The fourth-order valence-electron chi connectivity index (χ4n) is 2.84. The monoisotopic (exact) mass is 323 g/mol. The predicted octanol–water partition coefficient (Wildman–Crippen LogP) is 3.18. The third-order valence-corrected chi connectivity index (χ3v) is 4.07. The minimum Gasteiger partial charge on any atom is -0.465 e. The molecule has 2 rings (SSSR count). The highest BCUT2D eigenvalue weighted by atomic mass is 19.1. The summed E-state index contributed by atoms with van der Waals surface area (Å²) in [4.78, 5) is 25.2. The third kappa shape index (κ3) is 3.81. The Morgan fingerprint density at radius 3 is 2.13 bits per heavy atom. The molecule has 1 N–H and O–H groups in total. The molecule has 126 valence electrons. The smallest absolute Gasteiger partial charge is 0.407 e. The zero-order valence-corrected chi connectivity index (χ0v) is 13.6. The van der Waals surface area contributed by atoms with E-state index in [1.807, 2.05) is 0 Å². The molecule has 0 aromatic heterocycles. The fourth-order valence-corrected chi connectivity index (χ4v) is 2.84. The van der Waals surface area contributed by atoms with Crippen LogP contribution in [0.2, 0.25) is 0 Å². The van der Waals surface area contributed by atoms with Crippen LogP contribution in [0.15, 0.2) is 24.3 Å². The number of carbonyl (C=O) groups is 2. The number of amides is 1. The lowest BCUT2D eigenvalue weighted by Gasteiger charge is -2.40. The average molecular weight is 323 g/mol. The molecule has 1 saturated heterocycles. The molecule has 1 aromatic carbocycles. The van der Waals surface area contributed by atoms with Crippen molar-refractivity contribution in [1.29, 1.82) is 0 Å². The van der Waals surface area contributed by atoms with Crippen LogP contribution in [0.1, 0.15) is 39.2 Å². The molecule has 0 spiro atoms. The number of benzene rings is 1. The van der Waals surface area contributed by atoms with E-state index in [2.05, 4.69) is 0 Å². The van der Waals surface area contributed by atoms with E-state index in [1.54, 1.807) is 32.9 Å². The molecule has 1 aliphatic heterocycles. The van der Waals surface area contributed by atoms with Gasteiger partial charge in [-0.3, -0.25) is 4.79 Å². The molecule has 6 heteroatoms. The summed E-state index contributed by atoms with van der Waals surface area (Å²) >= 11 is 0. The summed E-state index contributed by atoms with van der Waals surface area (Å²) in [6, 6.07) is 5.78. The zero-order chi connectivity index (χ0) is 17.3. The molecule has 5 nitrogen and oxygen atoms in total. The fraction of sp³-hybridized carbons (Fsp3) is 0.529. The van der Waals surface area contributed by atoms with Gasteiger partial charge in [-0.25, -0.2) is 9.18 Å². The van der Waals surface area contributed by atoms with Crippen LogP contribution in [0.5, 0.6) is 0 Å². The number of esters is 1. The van der Waals surface area contributed by atoms with Crippen molar-refractivity contribution < 1.29 is 23.8 Å². The Morgan fingerprint density at radius 1 is 1.17 bits per heavy atom. The first-order valence-electron chi connectivity index (χ1n) is 7.61. The van der Waals surface area contributed by atoms with Gasteiger partial charge in [0.2, 0.25) is 0 Å². The maximum Gasteiger partial charge on any atom is 0.407 e. The standard InChI is InChI=1S/C17H22FNO4/c1-16(2,3)23-14(20)17(12-4-6-13(18)7-5-12)8-10-19(11-9-17)15(21)22/h4-7H,8-11H2,1-3H3,(H,21,22). The molecule has 1 heterocycles. The molecular formula is C17H22FNO4. The van der Waals surface area contributed by atoms with Gasteiger partial charge in [-0.2, -0.15) is 0 Å². The molecule has 0 bridgehead atoms. The number of ether oxygens (including phenoxy) is 1. The van der Waals surface area contributed by atoms with Gasteiger partial charge in [-0.15, -0.1) is 0 Å². The van der Waals surface area contributed by atoms with Crippen molar-refractivity contribution in [2.75, 3.05) is 13.1 Å². The van der Waals surface area contributed by atoms with E-state index in [-0.39, 0.29) is 24.9 Å². The Kier molecular flexibility index (Phi) is 4.63. The van der Waals surface area contributed by atoms with Crippen molar-refractivity contribution >= 4 is 12.1 Å². The number of nitrogens with zero attached hydrogens (tertiary/aromatic N) is 1. The van der Waals surface area contributed by atoms with Crippen LogP contribution >= 0.6 is 0 Å². The number of carbonyl (C=O) groups excluding carboxylic acids is 1. The highest BCUT2D eigenvalue weighted by Crippen LogP contribution is 2.38. The highest BCUT2D eigenvalue weighted by Gasteiger charge is 2.46. The van der Waals surface area contributed by atoms with Crippen molar-refractivity contribution in [3.05, 3.63) is 35.6 Å². The quantitative estimate of drug-likeness (QED) is 0.849. The minimum absolute atomic E-state index is 0.242. The van der Waals surface area contributed by atoms with E-state index < -0.39 is 17.1 Å². The Bertz CT molecular complexity index is 584. The number of carboxylic acid groups (broad SMARTS) is 1. The van der Waals surface area contributed by atoms with Gasteiger partial charge in [-0.05, 0) is 51.3 Å². The van der Waals surface area contributed by atoms with Gasteiger partial charge >= 0.3 is 12.1 Å². The van der Waals surface area contributed by atoms with E-state index in [0.29, 0.717) is 18.4 Å². The molecule has 0 aliphatic carbocycles. The van der Waals surface area contributed by atoms with Crippen LogP contribution in [-0.2, 0) is 14.9 Å². The molecule has 0 saturated carbocycles. The second kappa shape index (κ2) is 6.18.